The number of rotatable bonds is 2. The zero-order valence-electron chi connectivity index (χ0n) is 8.28. The van der Waals surface area contributed by atoms with Gasteiger partial charge in [0.1, 0.15) is 0 Å². The first-order chi connectivity index (χ1) is 6.75. The Kier molecular flexibility index (Phi) is 2.85. The fraction of sp³-hybridized carbons (Fsp3) is 0.167. The van der Waals surface area contributed by atoms with Gasteiger partial charge in [-0.3, -0.25) is 0 Å². The molecular weight excluding hydrogens is 208 g/mol. The van der Waals surface area contributed by atoms with Crippen molar-refractivity contribution in [2.45, 2.75) is 13.8 Å². The minimum absolute atomic E-state index is 1.33. The average Bonchev–Trinajstić information content (AvgIpc) is 2.72. The molecule has 2 heterocycles. The van der Waals surface area contributed by atoms with Crippen LogP contribution in [-0.4, -0.2) is 0 Å². The van der Waals surface area contributed by atoms with E-state index in [0.29, 0.717) is 0 Å². The standard InChI is InChI=1S/C12H12S2/c1-9-7-12(14-8-9)4-3-11-5-6-13-10(11)2/h3-8H,1-2H3. The molecular formula is C12H12S2. The maximum atomic E-state index is 2.21. The van der Waals surface area contributed by atoms with Crippen LogP contribution in [0.15, 0.2) is 22.9 Å². The molecule has 0 amide bonds. The first-order valence-electron chi connectivity index (χ1n) is 4.53. The molecule has 0 nitrogen and oxygen atoms in total. The predicted molar refractivity (Wildman–Crippen MR) is 67.0 cm³/mol. The molecule has 0 atom stereocenters. The van der Waals surface area contributed by atoms with E-state index >= 15 is 0 Å². The van der Waals surface area contributed by atoms with E-state index in [4.69, 9.17) is 0 Å². The van der Waals surface area contributed by atoms with Gasteiger partial charge in [-0.25, -0.2) is 0 Å². The summed E-state index contributed by atoms with van der Waals surface area (Å²) in [6.45, 7) is 4.29. The molecule has 0 aliphatic carbocycles. The molecule has 0 aliphatic rings. The third-order valence-electron chi connectivity index (χ3n) is 2.08. The van der Waals surface area contributed by atoms with Gasteiger partial charge in [-0.2, -0.15) is 0 Å². The van der Waals surface area contributed by atoms with E-state index in [2.05, 4.69) is 48.9 Å². The van der Waals surface area contributed by atoms with Crippen LogP contribution in [0.3, 0.4) is 0 Å². The smallest absolute Gasteiger partial charge is 0.0273 e. The number of thiophene rings is 2. The molecule has 0 aliphatic heterocycles. The van der Waals surface area contributed by atoms with Crippen molar-refractivity contribution in [3.05, 3.63) is 43.8 Å². The van der Waals surface area contributed by atoms with Gasteiger partial charge in [0.25, 0.3) is 0 Å². The summed E-state index contributed by atoms with van der Waals surface area (Å²) in [5.41, 5.74) is 2.68. The van der Waals surface area contributed by atoms with E-state index in [1.807, 2.05) is 0 Å². The Labute approximate surface area is 92.5 Å². The third kappa shape index (κ3) is 2.14. The summed E-state index contributed by atoms with van der Waals surface area (Å²) < 4.78 is 0. The van der Waals surface area contributed by atoms with E-state index < -0.39 is 0 Å². The second kappa shape index (κ2) is 4.11. The zero-order chi connectivity index (χ0) is 9.97. The van der Waals surface area contributed by atoms with Crippen molar-refractivity contribution in [2.75, 3.05) is 0 Å². The van der Waals surface area contributed by atoms with Crippen molar-refractivity contribution in [3.63, 3.8) is 0 Å². The lowest BCUT2D eigenvalue weighted by Crippen LogP contribution is -1.67. The highest BCUT2D eigenvalue weighted by Crippen LogP contribution is 2.20. The number of hydrogen-bond donors (Lipinski definition) is 0. The largest absolute Gasteiger partial charge is 0.149 e. The molecule has 2 rings (SSSR count). The van der Waals surface area contributed by atoms with Crippen molar-refractivity contribution >= 4 is 34.8 Å². The van der Waals surface area contributed by atoms with Gasteiger partial charge in [-0.1, -0.05) is 6.08 Å². The monoisotopic (exact) mass is 220 g/mol. The molecule has 2 aromatic rings. The summed E-state index contributed by atoms with van der Waals surface area (Å²) in [6, 6.07) is 4.37. The number of hydrogen-bond acceptors (Lipinski definition) is 2. The quantitative estimate of drug-likeness (QED) is 0.694. The van der Waals surface area contributed by atoms with E-state index in [0.717, 1.165) is 0 Å². The molecule has 0 aromatic carbocycles. The van der Waals surface area contributed by atoms with Crippen LogP contribution in [0.1, 0.15) is 20.9 Å². The fourth-order valence-electron chi connectivity index (χ4n) is 1.28. The Balaban J connectivity index is 2.19. The maximum Gasteiger partial charge on any atom is 0.0273 e. The van der Waals surface area contributed by atoms with Crippen molar-refractivity contribution in [3.8, 4) is 0 Å². The Morgan fingerprint density at radius 1 is 1.14 bits per heavy atom. The van der Waals surface area contributed by atoms with E-state index in [1.54, 1.807) is 22.7 Å². The summed E-state index contributed by atoms with van der Waals surface area (Å²) in [4.78, 5) is 2.71. The van der Waals surface area contributed by atoms with Gasteiger partial charge in [0.05, 0.1) is 0 Å². The van der Waals surface area contributed by atoms with Crippen LogP contribution in [-0.2, 0) is 0 Å². The summed E-state index contributed by atoms with van der Waals surface area (Å²) in [5, 5.41) is 4.31. The van der Waals surface area contributed by atoms with Crippen molar-refractivity contribution in [2.24, 2.45) is 0 Å². The summed E-state index contributed by atoms with van der Waals surface area (Å²) in [5.74, 6) is 0. The van der Waals surface area contributed by atoms with Gasteiger partial charge in [0.15, 0.2) is 0 Å². The van der Waals surface area contributed by atoms with Gasteiger partial charge in [0.2, 0.25) is 0 Å². The third-order valence-corrected chi connectivity index (χ3v) is 3.95. The second-order valence-corrected chi connectivity index (χ2v) is 5.35. The van der Waals surface area contributed by atoms with Crippen LogP contribution in [0.5, 0.6) is 0 Å². The molecule has 0 bridgehead atoms. The van der Waals surface area contributed by atoms with Crippen LogP contribution < -0.4 is 0 Å². The zero-order valence-corrected chi connectivity index (χ0v) is 9.91. The lowest BCUT2D eigenvalue weighted by molar-refractivity contribution is 1.55. The van der Waals surface area contributed by atoms with Crippen molar-refractivity contribution < 1.29 is 0 Å². The van der Waals surface area contributed by atoms with Crippen LogP contribution in [0.4, 0.5) is 0 Å². The van der Waals surface area contributed by atoms with Crippen LogP contribution in [0, 0.1) is 13.8 Å². The molecule has 0 saturated heterocycles. The molecule has 0 fully saturated rings. The normalized spacial score (nSPS) is 11.3. The highest BCUT2D eigenvalue weighted by molar-refractivity contribution is 7.11. The molecule has 2 aromatic heterocycles. The molecule has 2 heteroatoms. The van der Waals surface area contributed by atoms with E-state index in [9.17, 15) is 0 Å². The van der Waals surface area contributed by atoms with Crippen molar-refractivity contribution in [1.82, 2.24) is 0 Å². The van der Waals surface area contributed by atoms with Crippen LogP contribution >= 0.6 is 22.7 Å². The summed E-state index contributed by atoms with van der Waals surface area (Å²) in [7, 11) is 0. The molecule has 0 saturated carbocycles. The lowest BCUT2D eigenvalue weighted by atomic mass is 10.2. The fourth-order valence-corrected chi connectivity index (χ4v) is 2.76. The SMILES string of the molecule is Cc1csc(C=Cc2ccsc2C)c1. The maximum absolute atomic E-state index is 2.21. The highest BCUT2D eigenvalue weighted by Gasteiger charge is 1.95. The van der Waals surface area contributed by atoms with Crippen LogP contribution in [0.25, 0.3) is 12.2 Å². The molecule has 14 heavy (non-hydrogen) atoms. The Morgan fingerprint density at radius 2 is 2.00 bits per heavy atom. The topological polar surface area (TPSA) is 0 Å². The van der Waals surface area contributed by atoms with Gasteiger partial charge in [0, 0.05) is 9.75 Å². The van der Waals surface area contributed by atoms with Gasteiger partial charge in [-0.15, -0.1) is 22.7 Å². The highest BCUT2D eigenvalue weighted by atomic mass is 32.1. The molecule has 0 spiro atoms. The average molecular weight is 220 g/mol. The van der Waals surface area contributed by atoms with Gasteiger partial charge in [-0.05, 0) is 53.9 Å². The predicted octanol–water partition coefficient (Wildman–Crippen LogP) is 4.60. The Morgan fingerprint density at radius 3 is 2.57 bits per heavy atom. The summed E-state index contributed by atoms with van der Waals surface area (Å²) >= 11 is 3.59. The van der Waals surface area contributed by atoms with Crippen LogP contribution in [0.2, 0.25) is 0 Å². The van der Waals surface area contributed by atoms with Gasteiger partial charge < -0.3 is 0 Å². The van der Waals surface area contributed by atoms with E-state index in [-0.39, 0.29) is 0 Å². The molecule has 72 valence electrons. The number of aryl methyl sites for hydroxylation is 2. The first-order valence-corrected chi connectivity index (χ1v) is 6.29. The molecule has 0 radical (unpaired) electrons. The van der Waals surface area contributed by atoms with Gasteiger partial charge >= 0.3 is 0 Å². The second-order valence-electron chi connectivity index (χ2n) is 3.29. The first kappa shape index (κ1) is 9.69. The minimum Gasteiger partial charge on any atom is -0.149 e. The molecule has 0 unspecified atom stereocenters. The summed E-state index contributed by atoms with van der Waals surface area (Å²) in [6.07, 6.45) is 4.38. The van der Waals surface area contributed by atoms with Crippen molar-refractivity contribution in [1.29, 1.82) is 0 Å². The Hall–Kier alpha value is -0.860. The Bertz CT molecular complexity index is 446. The van der Waals surface area contributed by atoms with E-state index in [1.165, 1.54) is 20.9 Å². The molecule has 0 N–H and O–H groups in total. The lowest BCUT2D eigenvalue weighted by Gasteiger charge is -1.88. The minimum atomic E-state index is 1.33.